The number of hydrogen-bond donors (Lipinski definition) is 1. The van der Waals surface area contributed by atoms with Gasteiger partial charge < -0.3 is 24.4 Å². The average Bonchev–Trinajstić information content (AvgIpc) is 2.73. The van der Waals surface area contributed by atoms with Crippen LogP contribution in [0.2, 0.25) is 0 Å². The van der Waals surface area contributed by atoms with E-state index < -0.39 is 5.72 Å². The molecule has 1 spiro atoms. The fourth-order valence-electron chi connectivity index (χ4n) is 5.44. The molecule has 0 radical (unpaired) electrons. The molecule has 6 rings (SSSR count). The third-order valence-corrected chi connectivity index (χ3v) is 6.91. The first kappa shape index (κ1) is 17.8. The third kappa shape index (κ3) is 2.75. The Kier molecular flexibility index (Phi) is 4.23. The summed E-state index contributed by atoms with van der Waals surface area (Å²) < 4.78 is 17.1. The molecule has 2 aliphatic heterocycles. The number of rotatable bonds is 2. The van der Waals surface area contributed by atoms with Gasteiger partial charge in [-0.05, 0) is 37.3 Å². The Morgan fingerprint density at radius 1 is 1.29 bits per heavy atom. The van der Waals surface area contributed by atoms with E-state index in [9.17, 15) is 9.59 Å². The molecule has 0 aromatic heterocycles. The SMILES string of the molecule is COc1ccc2c(c1)O[C@]1(C[C@@H]3CC[C@@H]1C[C@@H]3C(=O)N1CCOCC1)NC2=O. The summed E-state index contributed by atoms with van der Waals surface area (Å²) >= 11 is 0. The highest BCUT2D eigenvalue weighted by Gasteiger charge is 2.57. The number of carbonyl (C=O) groups excluding carboxylic acids is 2. The first-order valence-electron chi connectivity index (χ1n) is 10.2. The molecule has 7 nitrogen and oxygen atoms in total. The van der Waals surface area contributed by atoms with Gasteiger partial charge in [-0.1, -0.05) is 0 Å². The molecule has 4 fully saturated rings. The van der Waals surface area contributed by atoms with Crippen LogP contribution in [-0.2, 0) is 9.53 Å². The molecule has 2 heterocycles. The number of nitrogens with zero attached hydrogens (tertiary/aromatic N) is 1. The van der Waals surface area contributed by atoms with Gasteiger partial charge in [-0.3, -0.25) is 9.59 Å². The number of methoxy groups -OCH3 is 1. The number of benzene rings is 1. The minimum atomic E-state index is -0.707. The second-order valence-corrected chi connectivity index (χ2v) is 8.33. The van der Waals surface area contributed by atoms with E-state index in [1.165, 1.54) is 0 Å². The number of nitrogens with one attached hydrogen (secondary N) is 1. The van der Waals surface area contributed by atoms with Crippen molar-refractivity contribution in [2.75, 3.05) is 33.4 Å². The Morgan fingerprint density at radius 3 is 2.82 bits per heavy atom. The Bertz CT molecular complexity index is 806. The zero-order valence-corrected chi connectivity index (χ0v) is 16.1. The van der Waals surface area contributed by atoms with Gasteiger partial charge >= 0.3 is 0 Å². The largest absolute Gasteiger partial charge is 0.497 e. The van der Waals surface area contributed by atoms with Crippen LogP contribution in [0, 0.1) is 17.8 Å². The number of ether oxygens (including phenoxy) is 3. The summed E-state index contributed by atoms with van der Waals surface area (Å²) in [4.78, 5) is 27.8. The van der Waals surface area contributed by atoms with Crippen LogP contribution in [0.5, 0.6) is 11.5 Å². The standard InChI is InChI=1S/C21H26N2O5/c1-26-15-4-5-16-18(11-15)28-21(22-19(16)24)12-13-2-3-14(21)10-17(13)20(25)23-6-8-27-9-7-23/h4-5,11,13-14,17H,2-3,6-10,12H2,1H3,(H,22,24)/t13-,14+,17-,21-/m0/s1. The number of fused-ring (bicyclic) bond motifs is 3. The maximum Gasteiger partial charge on any atom is 0.258 e. The first-order valence-corrected chi connectivity index (χ1v) is 10.2. The van der Waals surface area contributed by atoms with Gasteiger partial charge in [0.05, 0.1) is 25.9 Å². The molecule has 1 saturated heterocycles. The second-order valence-electron chi connectivity index (χ2n) is 8.33. The second kappa shape index (κ2) is 6.65. The zero-order chi connectivity index (χ0) is 19.3. The molecule has 1 aromatic carbocycles. The van der Waals surface area contributed by atoms with Crippen molar-refractivity contribution < 1.29 is 23.8 Å². The molecule has 150 valence electrons. The van der Waals surface area contributed by atoms with Gasteiger partial charge in [0.25, 0.3) is 5.91 Å². The van der Waals surface area contributed by atoms with Crippen molar-refractivity contribution >= 4 is 11.8 Å². The van der Waals surface area contributed by atoms with Gasteiger partial charge in [0.2, 0.25) is 5.91 Å². The van der Waals surface area contributed by atoms with E-state index in [-0.39, 0.29) is 29.6 Å². The van der Waals surface area contributed by atoms with Crippen LogP contribution < -0.4 is 14.8 Å². The van der Waals surface area contributed by atoms with E-state index >= 15 is 0 Å². The molecule has 0 unspecified atom stereocenters. The molecule has 2 bridgehead atoms. The fourth-order valence-corrected chi connectivity index (χ4v) is 5.44. The number of morpholine rings is 1. The monoisotopic (exact) mass is 386 g/mol. The Labute approximate surface area is 164 Å². The topological polar surface area (TPSA) is 77.1 Å². The summed E-state index contributed by atoms with van der Waals surface area (Å²) in [5.74, 6) is 1.78. The molecule has 3 saturated carbocycles. The van der Waals surface area contributed by atoms with Gasteiger partial charge in [-0.15, -0.1) is 0 Å². The number of amides is 2. The van der Waals surface area contributed by atoms with Crippen LogP contribution in [-0.4, -0.2) is 55.9 Å². The van der Waals surface area contributed by atoms with Crippen molar-refractivity contribution in [2.24, 2.45) is 17.8 Å². The van der Waals surface area contributed by atoms with Crippen LogP contribution in [0.1, 0.15) is 36.0 Å². The Morgan fingerprint density at radius 2 is 2.11 bits per heavy atom. The fraction of sp³-hybridized carbons (Fsp3) is 0.619. The summed E-state index contributed by atoms with van der Waals surface area (Å²) in [5.41, 5.74) is -0.171. The predicted molar refractivity (Wildman–Crippen MR) is 100 cm³/mol. The van der Waals surface area contributed by atoms with Gasteiger partial charge in [0.15, 0.2) is 5.72 Å². The lowest BCUT2D eigenvalue weighted by molar-refractivity contribution is -0.158. The molecule has 2 amide bonds. The van der Waals surface area contributed by atoms with E-state index in [0.717, 1.165) is 19.3 Å². The quantitative estimate of drug-likeness (QED) is 0.839. The summed E-state index contributed by atoms with van der Waals surface area (Å²) in [7, 11) is 1.60. The van der Waals surface area contributed by atoms with Crippen LogP contribution in [0.4, 0.5) is 0 Å². The van der Waals surface area contributed by atoms with Crippen molar-refractivity contribution in [3.63, 3.8) is 0 Å². The van der Waals surface area contributed by atoms with E-state index in [0.29, 0.717) is 49.8 Å². The highest BCUT2D eigenvalue weighted by atomic mass is 16.5. The first-order chi connectivity index (χ1) is 13.6. The van der Waals surface area contributed by atoms with Crippen molar-refractivity contribution in [3.05, 3.63) is 23.8 Å². The highest BCUT2D eigenvalue weighted by Crippen LogP contribution is 2.53. The van der Waals surface area contributed by atoms with Crippen LogP contribution in [0.25, 0.3) is 0 Å². The Balaban J connectivity index is 1.38. The average molecular weight is 386 g/mol. The lowest BCUT2D eigenvalue weighted by Crippen LogP contribution is -2.67. The smallest absolute Gasteiger partial charge is 0.258 e. The maximum atomic E-state index is 13.1. The molecule has 5 aliphatic rings. The zero-order valence-electron chi connectivity index (χ0n) is 16.1. The molecule has 1 aromatic rings. The van der Waals surface area contributed by atoms with E-state index in [2.05, 4.69) is 5.32 Å². The molecular formula is C21H26N2O5. The molecule has 28 heavy (non-hydrogen) atoms. The molecule has 1 N–H and O–H groups in total. The van der Waals surface area contributed by atoms with Crippen molar-refractivity contribution in [1.29, 1.82) is 0 Å². The van der Waals surface area contributed by atoms with Crippen molar-refractivity contribution in [1.82, 2.24) is 10.2 Å². The predicted octanol–water partition coefficient (Wildman–Crippen LogP) is 1.81. The van der Waals surface area contributed by atoms with E-state index in [1.54, 1.807) is 25.3 Å². The molecule has 7 heteroatoms. The highest BCUT2D eigenvalue weighted by molar-refractivity contribution is 5.98. The van der Waals surface area contributed by atoms with E-state index in [4.69, 9.17) is 14.2 Å². The van der Waals surface area contributed by atoms with Crippen LogP contribution in [0.3, 0.4) is 0 Å². The van der Waals surface area contributed by atoms with Crippen LogP contribution >= 0.6 is 0 Å². The minimum Gasteiger partial charge on any atom is -0.497 e. The lowest BCUT2D eigenvalue weighted by atomic mass is 9.59. The van der Waals surface area contributed by atoms with Crippen LogP contribution in [0.15, 0.2) is 18.2 Å². The number of carbonyl (C=O) groups is 2. The van der Waals surface area contributed by atoms with Gasteiger partial charge in [-0.2, -0.15) is 0 Å². The lowest BCUT2D eigenvalue weighted by Gasteiger charge is -2.55. The molecule has 3 aliphatic carbocycles. The maximum absolute atomic E-state index is 13.1. The Hall–Kier alpha value is -2.28. The van der Waals surface area contributed by atoms with Crippen molar-refractivity contribution in [2.45, 2.75) is 31.4 Å². The summed E-state index contributed by atoms with van der Waals surface area (Å²) in [6.07, 6.45) is 3.43. The third-order valence-electron chi connectivity index (χ3n) is 6.91. The summed E-state index contributed by atoms with van der Waals surface area (Å²) in [5, 5.41) is 3.15. The summed E-state index contributed by atoms with van der Waals surface area (Å²) in [6, 6.07) is 5.29. The minimum absolute atomic E-state index is 0.0229. The van der Waals surface area contributed by atoms with Gasteiger partial charge in [0, 0.05) is 37.4 Å². The number of hydrogen-bond acceptors (Lipinski definition) is 5. The molecule has 4 atom stereocenters. The van der Waals surface area contributed by atoms with Gasteiger partial charge in [0.1, 0.15) is 11.5 Å². The normalized spacial score (nSPS) is 33.8. The van der Waals surface area contributed by atoms with E-state index in [1.807, 2.05) is 4.90 Å². The van der Waals surface area contributed by atoms with Crippen molar-refractivity contribution in [3.8, 4) is 11.5 Å². The molecular weight excluding hydrogens is 360 g/mol. The van der Waals surface area contributed by atoms with Gasteiger partial charge in [-0.25, -0.2) is 0 Å². The summed E-state index contributed by atoms with van der Waals surface area (Å²) in [6.45, 7) is 2.60.